The Hall–Kier alpha value is -0.580. The zero-order valence-electron chi connectivity index (χ0n) is 8.60. The summed E-state index contributed by atoms with van der Waals surface area (Å²) < 4.78 is 4.79. The molecular formula is C9H17ClN2O2. The number of carbonyl (C=O) groups is 1. The molecule has 0 fully saturated rings. The van der Waals surface area contributed by atoms with E-state index in [1.807, 2.05) is 6.92 Å². The van der Waals surface area contributed by atoms with Crippen LogP contribution >= 0.6 is 11.6 Å². The van der Waals surface area contributed by atoms with E-state index in [0.717, 1.165) is 5.57 Å². The van der Waals surface area contributed by atoms with E-state index in [-0.39, 0.29) is 5.91 Å². The summed E-state index contributed by atoms with van der Waals surface area (Å²) in [5.74, 6) is -0.0376. The van der Waals surface area contributed by atoms with Crippen LogP contribution in [-0.4, -0.2) is 39.3 Å². The van der Waals surface area contributed by atoms with Gasteiger partial charge in [0.15, 0.2) is 0 Å². The predicted molar refractivity (Wildman–Crippen MR) is 57.4 cm³/mol. The van der Waals surface area contributed by atoms with Crippen LogP contribution in [0.3, 0.4) is 0 Å². The van der Waals surface area contributed by atoms with Crippen molar-refractivity contribution in [2.45, 2.75) is 6.92 Å². The van der Waals surface area contributed by atoms with Gasteiger partial charge in [0.05, 0.1) is 13.2 Å². The number of carbonyl (C=O) groups excluding carboxylic acids is 1. The zero-order chi connectivity index (χ0) is 10.8. The maximum Gasteiger partial charge on any atom is 0.234 e. The number of nitrogens with one attached hydrogen (secondary N) is 2. The normalized spacial score (nSPS) is 11.5. The third kappa shape index (κ3) is 8.04. The summed E-state index contributed by atoms with van der Waals surface area (Å²) in [5.41, 5.74) is 2.49. The lowest BCUT2D eigenvalue weighted by Crippen LogP contribution is -2.36. The Kier molecular flexibility index (Phi) is 8.62. The number of halogens is 1. The molecule has 4 nitrogen and oxygen atoms in total. The van der Waals surface area contributed by atoms with Crippen LogP contribution in [0.5, 0.6) is 0 Å². The maximum atomic E-state index is 11.1. The fourth-order valence-corrected chi connectivity index (χ4v) is 0.844. The molecule has 0 rings (SSSR count). The Labute approximate surface area is 89.6 Å². The summed E-state index contributed by atoms with van der Waals surface area (Å²) in [6.07, 6.45) is 0. The molecule has 0 spiro atoms. The highest BCUT2D eigenvalue weighted by atomic mass is 35.5. The number of hydrogen-bond donors (Lipinski definition) is 2. The summed E-state index contributed by atoms with van der Waals surface area (Å²) in [4.78, 5) is 11.1. The molecule has 1 amide bonds. The van der Waals surface area contributed by atoms with Gasteiger partial charge in [0.25, 0.3) is 0 Å². The third-order valence-electron chi connectivity index (χ3n) is 1.50. The minimum atomic E-state index is -0.0376. The van der Waals surface area contributed by atoms with Crippen molar-refractivity contribution in [3.63, 3.8) is 0 Å². The molecule has 5 heteroatoms. The van der Waals surface area contributed by atoms with Gasteiger partial charge in [-0.25, -0.2) is 0 Å². The van der Waals surface area contributed by atoms with Crippen LogP contribution in [0.4, 0.5) is 0 Å². The van der Waals surface area contributed by atoms with Crippen LogP contribution < -0.4 is 10.6 Å². The zero-order valence-corrected chi connectivity index (χ0v) is 9.36. The number of ether oxygens (including phenoxy) is 1. The third-order valence-corrected chi connectivity index (χ3v) is 1.88. The molecule has 0 aromatic rings. The van der Waals surface area contributed by atoms with Crippen LogP contribution in [0.1, 0.15) is 6.92 Å². The van der Waals surface area contributed by atoms with E-state index in [1.165, 1.54) is 5.54 Å². The van der Waals surface area contributed by atoms with Crippen molar-refractivity contribution in [3.8, 4) is 0 Å². The van der Waals surface area contributed by atoms with Crippen LogP contribution in [0.15, 0.2) is 11.1 Å². The second kappa shape index (κ2) is 8.99. The molecule has 0 bridgehead atoms. The average molecular weight is 221 g/mol. The maximum absolute atomic E-state index is 11.1. The Morgan fingerprint density at radius 3 is 2.79 bits per heavy atom. The molecule has 0 saturated heterocycles. The van der Waals surface area contributed by atoms with Gasteiger partial charge in [0.1, 0.15) is 0 Å². The molecule has 0 atom stereocenters. The first kappa shape index (κ1) is 13.4. The lowest BCUT2D eigenvalue weighted by atomic mass is 10.3. The van der Waals surface area contributed by atoms with Crippen molar-refractivity contribution in [1.29, 1.82) is 0 Å². The Morgan fingerprint density at radius 1 is 1.50 bits per heavy atom. The highest BCUT2D eigenvalue weighted by Crippen LogP contribution is 1.91. The van der Waals surface area contributed by atoms with Crippen LogP contribution in [0.25, 0.3) is 0 Å². The van der Waals surface area contributed by atoms with Crippen LogP contribution in [-0.2, 0) is 9.53 Å². The van der Waals surface area contributed by atoms with Crippen molar-refractivity contribution in [2.75, 3.05) is 33.4 Å². The molecule has 0 aliphatic rings. The summed E-state index contributed by atoms with van der Waals surface area (Å²) in [7, 11) is 1.60. The molecular weight excluding hydrogens is 204 g/mol. The number of amides is 1. The van der Waals surface area contributed by atoms with Gasteiger partial charge in [-0.3, -0.25) is 4.79 Å². The smallest absolute Gasteiger partial charge is 0.234 e. The largest absolute Gasteiger partial charge is 0.383 e. The van der Waals surface area contributed by atoms with Gasteiger partial charge < -0.3 is 15.4 Å². The van der Waals surface area contributed by atoms with Gasteiger partial charge in [0, 0.05) is 25.7 Å². The standard InChI is InChI=1S/C9H17ClN2O2/c1-8(5-10)6-11-7-9(13)12-3-4-14-2/h5,11H,3-4,6-7H2,1-2H3,(H,12,13). The molecule has 0 aromatic heterocycles. The lowest BCUT2D eigenvalue weighted by molar-refractivity contribution is -0.120. The van der Waals surface area contributed by atoms with Gasteiger partial charge in [-0.15, -0.1) is 0 Å². The SMILES string of the molecule is COCCNC(=O)CNCC(C)=CCl. The lowest BCUT2D eigenvalue weighted by Gasteiger charge is -2.05. The van der Waals surface area contributed by atoms with Gasteiger partial charge in [-0.1, -0.05) is 11.6 Å². The highest BCUT2D eigenvalue weighted by molar-refractivity contribution is 6.25. The monoisotopic (exact) mass is 220 g/mol. The molecule has 14 heavy (non-hydrogen) atoms. The molecule has 0 heterocycles. The van der Waals surface area contributed by atoms with Crippen molar-refractivity contribution >= 4 is 17.5 Å². The van der Waals surface area contributed by atoms with Crippen molar-refractivity contribution in [2.24, 2.45) is 0 Å². The molecule has 0 aromatic carbocycles. The van der Waals surface area contributed by atoms with Gasteiger partial charge in [-0.2, -0.15) is 0 Å². The summed E-state index contributed by atoms with van der Waals surface area (Å²) >= 11 is 5.45. The van der Waals surface area contributed by atoms with Gasteiger partial charge in [-0.05, 0) is 12.5 Å². The minimum Gasteiger partial charge on any atom is -0.383 e. The molecule has 82 valence electrons. The number of rotatable bonds is 7. The first-order chi connectivity index (χ1) is 6.70. The first-order valence-corrected chi connectivity index (χ1v) is 4.86. The predicted octanol–water partition coefficient (Wildman–Crippen LogP) is 0.481. The van der Waals surface area contributed by atoms with E-state index in [2.05, 4.69) is 10.6 Å². The fraction of sp³-hybridized carbons (Fsp3) is 0.667. The molecule has 0 saturated carbocycles. The van der Waals surface area contributed by atoms with Gasteiger partial charge >= 0.3 is 0 Å². The Morgan fingerprint density at radius 2 is 2.21 bits per heavy atom. The minimum absolute atomic E-state index is 0.0376. The number of methoxy groups -OCH3 is 1. The Bertz CT molecular complexity index is 195. The van der Waals surface area contributed by atoms with E-state index >= 15 is 0 Å². The number of hydrogen-bond acceptors (Lipinski definition) is 3. The summed E-state index contributed by atoms with van der Waals surface area (Å²) in [6, 6.07) is 0. The first-order valence-electron chi connectivity index (χ1n) is 4.43. The van der Waals surface area contributed by atoms with Gasteiger partial charge in [0.2, 0.25) is 5.91 Å². The second-order valence-electron chi connectivity index (χ2n) is 2.90. The molecule has 2 N–H and O–H groups in total. The topological polar surface area (TPSA) is 50.4 Å². The van der Waals surface area contributed by atoms with Crippen LogP contribution in [0, 0.1) is 0 Å². The van der Waals surface area contributed by atoms with Crippen molar-refractivity contribution in [1.82, 2.24) is 10.6 Å². The fourth-order valence-electron chi connectivity index (χ4n) is 0.767. The van der Waals surface area contributed by atoms with Crippen LogP contribution in [0.2, 0.25) is 0 Å². The average Bonchev–Trinajstić information content (AvgIpc) is 2.18. The molecule has 0 unspecified atom stereocenters. The van der Waals surface area contributed by atoms with Crippen molar-refractivity contribution in [3.05, 3.63) is 11.1 Å². The molecule has 0 aliphatic carbocycles. The highest BCUT2D eigenvalue weighted by Gasteiger charge is 1.98. The summed E-state index contributed by atoms with van der Waals surface area (Å²) in [5, 5.41) is 5.65. The molecule has 0 aliphatic heterocycles. The molecule has 0 radical (unpaired) electrons. The Balaban J connectivity index is 3.36. The summed E-state index contributed by atoms with van der Waals surface area (Å²) in [6.45, 7) is 3.89. The van der Waals surface area contributed by atoms with E-state index in [1.54, 1.807) is 7.11 Å². The van der Waals surface area contributed by atoms with E-state index in [0.29, 0.717) is 26.2 Å². The van der Waals surface area contributed by atoms with E-state index in [4.69, 9.17) is 16.3 Å². The quantitative estimate of drug-likeness (QED) is 0.614. The second-order valence-corrected chi connectivity index (χ2v) is 3.12. The van der Waals surface area contributed by atoms with E-state index in [9.17, 15) is 4.79 Å². The van der Waals surface area contributed by atoms with Crippen molar-refractivity contribution < 1.29 is 9.53 Å². The van der Waals surface area contributed by atoms with E-state index < -0.39 is 0 Å².